The SMILES string of the molecule is O=C(C=C1C=CC=C(P(c2ccccc2)c2ccccc2)C1)C1CCCO1. The zero-order valence-corrected chi connectivity index (χ0v) is 16.1. The molecule has 0 N–H and O–H groups in total. The van der Waals surface area contributed by atoms with E-state index in [2.05, 4.69) is 78.9 Å². The van der Waals surface area contributed by atoms with Crippen LogP contribution in [-0.4, -0.2) is 18.5 Å². The highest BCUT2D eigenvalue weighted by atomic mass is 31.1. The molecule has 2 aromatic carbocycles. The fourth-order valence-corrected chi connectivity index (χ4v) is 6.05. The maximum Gasteiger partial charge on any atom is 0.184 e. The van der Waals surface area contributed by atoms with E-state index in [-0.39, 0.29) is 11.9 Å². The fraction of sp³-hybridized carbons (Fsp3) is 0.208. The minimum Gasteiger partial charge on any atom is -0.370 e. The van der Waals surface area contributed by atoms with Gasteiger partial charge in [0.25, 0.3) is 0 Å². The lowest BCUT2D eigenvalue weighted by molar-refractivity contribution is -0.123. The van der Waals surface area contributed by atoms with Gasteiger partial charge in [-0.05, 0) is 54.8 Å². The highest BCUT2D eigenvalue weighted by Gasteiger charge is 2.24. The first-order valence-corrected chi connectivity index (χ1v) is 10.8. The summed E-state index contributed by atoms with van der Waals surface area (Å²) in [5, 5.41) is 4.05. The molecule has 0 saturated carbocycles. The third kappa shape index (κ3) is 4.35. The summed E-state index contributed by atoms with van der Waals surface area (Å²) in [6, 6.07) is 21.4. The predicted molar refractivity (Wildman–Crippen MR) is 113 cm³/mol. The molecule has 1 fully saturated rings. The van der Waals surface area contributed by atoms with Crippen molar-refractivity contribution >= 4 is 24.3 Å². The molecule has 2 aliphatic rings. The van der Waals surface area contributed by atoms with Crippen molar-refractivity contribution in [2.75, 3.05) is 6.61 Å². The molecule has 1 heterocycles. The van der Waals surface area contributed by atoms with Crippen LogP contribution in [0.1, 0.15) is 19.3 Å². The van der Waals surface area contributed by atoms with Gasteiger partial charge in [0, 0.05) is 6.61 Å². The van der Waals surface area contributed by atoms with Crippen molar-refractivity contribution in [1.82, 2.24) is 0 Å². The van der Waals surface area contributed by atoms with Crippen LogP contribution in [0.25, 0.3) is 0 Å². The first-order valence-electron chi connectivity index (χ1n) is 9.45. The van der Waals surface area contributed by atoms with Crippen molar-refractivity contribution in [3.8, 4) is 0 Å². The Balaban J connectivity index is 1.62. The highest BCUT2D eigenvalue weighted by Crippen LogP contribution is 2.47. The maximum atomic E-state index is 12.5. The lowest BCUT2D eigenvalue weighted by Crippen LogP contribution is -2.18. The summed E-state index contributed by atoms with van der Waals surface area (Å²) in [6.45, 7) is 0.702. The van der Waals surface area contributed by atoms with E-state index in [0.29, 0.717) is 6.61 Å². The molecule has 0 spiro atoms. The Hall–Kier alpha value is -2.28. The van der Waals surface area contributed by atoms with Gasteiger partial charge in [-0.2, -0.15) is 0 Å². The molecule has 1 aliphatic carbocycles. The van der Waals surface area contributed by atoms with E-state index < -0.39 is 7.92 Å². The summed E-state index contributed by atoms with van der Waals surface area (Å²) in [6.07, 6.45) is 10.5. The van der Waals surface area contributed by atoms with E-state index in [4.69, 9.17) is 4.74 Å². The number of carbonyl (C=O) groups is 1. The van der Waals surface area contributed by atoms with Gasteiger partial charge in [0.15, 0.2) is 5.78 Å². The molecule has 0 amide bonds. The van der Waals surface area contributed by atoms with Crippen LogP contribution in [0.4, 0.5) is 0 Å². The Morgan fingerprint density at radius 3 is 2.26 bits per heavy atom. The normalized spacial score (nSPS) is 20.9. The number of hydrogen-bond donors (Lipinski definition) is 0. The Labute approximate surface area is 162 Å². The first-order chi connectivity index (χ1) is 13.3. The van der Waals surface area contributed by atoms with Crippen molar-refractivity contribution in [1.29, 1.82) is 0 Å². The fourth-order valence-electron chi connectivity index (χ4n) is 3.58. The number of ketones is 1. The van der Waals surface area contributed by atoms with Crippen LogP contribution < -0.4 is 10.6 Å². The molecule has 2 aromatic rings. The summed E-state index contributed by atoms with van der Waals surface area (Å²) in [7, 11) is -0.604. The average molecular weight is 374 g/mol. The van der Waals surface area contributed by atoms with Crippen molar-refractivity contribution in [3.63, 3.8) is 0 Å². The minimum atomic E-state index is -0.604. The number of carbonyl (C=O) groups excluding carboxylic acids is 1. The lowest BCUT2D eigenvalue weighted by atomic mass is 10.0. The molecule has 2 nitrogen and oxygen atoms in total. The van der Waals surface area contributed by atoms with Gasteiger partial charge in [-0.1, -0.05) is 78.9 Å². The Bertz CT molecular complexity index is 836. The quantitative estimate of drug-likeness (QED) is 0.563. The van der Waals surface area contributed by atoms with E-state index in [9.17, 15) is 4.79 Å². The molecule has 1 aliphatic heterocycles. The van der Waals surface area contributed by atoms with Crippen LogP contribution in [0.2, 0.25) is 0 Å². The van der Waals surface area contributed by atoms with E-state index in [1.807, 2.05) is 0 Å². The first kappa shape index (κ1) is 18.1. The van der Waals surface area contributed by atoms with Crippen LogP contribution in [-0.2, 0) is 9.53 Å². The van der Waals surface area contributed by atoms with Gasteiger partial charge in [-0.15, -0.1) is 0 Å². The van der Waals surface area contributed by atoms with Gasteiger partial charge in [-0.3, -0.25) is 4.79 Å². The lowest BCUT2D eigenvalue weighted by Gasteiger charge is -2.24. The monoisotopic (exact) mass is 374 g/mol. The topological polar surface area (TPSA) is 26.3 Å². The molecule has 3 heteroatoms. The van der Waals surface area contributed by atoms with Gasteiger partial charge in [0.1, 0.15) is 6.10 Å². The third-order valence-corrected chi connectivity index (χ3v) is 7.39. The molecule has 4 rings (SSSR count). The standard InChI is InChI=1S/C24H23O2P/c25-23(24-15-8-16-26-24)18-19-9-7-14-22(17-19)27(20-10-3-1-4-11-20)21-12-5-2-6-13-21/h1-7,9-14,18,24H,8,15-17H2. The van der Waals surface area contributed by atoms with Crippen molar-refractivity contribution in [3.05, 3.63) is 95.9 Å². The summed E-state index contributed by atoms with van der Waals surface area (Å²) >= 11 is 0. The van der Waals surface area contributed by atoms with Crippen LogP contribution in [0.15, 0.2) is 95.9 Å². The highest BCUT2D eigenvalue weighted by molar-refractivity contribution is 7.76. The minimum absolute atomic E-state index is 0.108. The number of ether oxygens (including phenoxy) is 1. The van der Waals surface area contributed by atoms with E-state index in [0.717, 1.165) is 24.8 Å². The Morgan fingerprint density at radius 1 is 1.00 bits per heavy atom. The number of rotatable bonds is 5. The second-order valence-electron chi connectivity index (χ2n) is 6.82. The van der Waals surface area contributed by atoms with Crippen LogP contribution in [0.5, 0.6) is 0 Å². The molecule has 27 heavy (non-hydrogen) atoms. The van der Waals surface area contributed by atoms with E-state index in [1.165, 1.54) is 15.9 Å². The van der Waals surface area contributed by atoms with Crippen LogP contribution in [0.3, 0.4) is 0 Å². The Kier molecular flexibility index (Phi) is 5.77. The molecule has 0 aromatic heterocycles. The molecule has 0 radical (unpaired) electrons. The molecular weight excluding hydrogens is 351 g/mol. The molecule has 0 bridgehead atoms. The van der Waals surface area contributed by atoms with Crippen molar-refractivity contribution in [2.45, 2.75) is 25.4 Å². The van der Waals surface area contributed by atoms with Gasteiger partial charge >= 0.3 is 0 Å². The summed E-state index contributed by atoms with van der Waals surface area (Å²) < 4.78 is 5.54. The van der Waals surface area contributed by atoms with Crippen molar-refractivity contribution < 1.29 is 9.53 Å². The smallest absolute Gasteiger partial charge is 0.184 e. The second-order valence-corrected chi connectivity index (χ2v) is 9.10. The number of benzene rings is 2. The van der Waals surface area contributed by atoms with Gasteiger partial charge in [-0.25, -0.2) is 0 Å². The molecule has 1 atom stereocenters. The summed E-state index contributed by atoms with van der Waals surface area (Å²) in [5.41, 5.74) is 1.08. The molecule has 1 saturated heterocycles. The predicted octanol–water partition coefficient (Wildman–Crippen LogP) is 4.64. The van der Waals surface area contributed by atoms with E-state index >= 15 is 0 Å². The van der Waals surface area contributed by atoms with Gasteiger partial charge in [0.05, 0.1) is 0 Å². The second kappa shape index (κ2) is 8.61. The van der Waals surface area contributed by atoms with Crippen molar-refractivity contribution in [2.24, 2.45) is 0 Å². The zero-order valence-electron chi connectivity index (χ0n) is 15.3. The zero-order chi connectivity index (χ0) is 18.5. The molecule has 136 valence electrons. The van der Waals surface area contributed by atoms with Crippen LogP contribution in [0, 0.1) is 0 Å². The summed E-state index contributed by atoms with van der Waals surface area (Å²) in [5.74, 6) is 0.108. The average Bonchev–Trinajstić information content (AvgIpc) is 3.25. The summed E-state index contributed by atoms with van der Waals surface area (Å²) in [4.78, 5) is 12.5. The number of hydrogen-bond acceptors (Lipinski definition) is 2. The van der Waals surface area contributed by atoms with E-state index in [1.54, 1.807) is 6.08 Å². The maximum absolute atomic E-state index is 12.5. The largest absolute Gasteiger partial charge is 0.370 e. The van der Waals surface area contributed by atoms with Gasteiger partial charge in [0.2, 0.25) is 0 Å². The Morgan fingerprint density at radius 2 is 1.67 bits per heavy atom. The van der Waals surface area contributed by atoms with Gasteiger partial charge < -0.3 is 4.74 Å². The molecule has 1 unspecified atom stereocenters. The number of allylic oxidation sites excluding steroid dienone is 5. The molecular formula is C24H23O2P. The van der Waals surface area contributed by atoms with Crippen LogP contribution >= 0.6 is 7.92 Å². The third-order valence-electron chi connectivity index (χ3n) is 4.87.